The van der Waals surface area contributed by atoms with Crippen LogP contribution in [0, 0.1) is 32.4 Å². The Kier molecular flexibility index (Phi) is 5.12. The zero-order valence-corrected chi connectivity index (χ0v) is 13.7. The summed E-state index contributed by atoms with van der Waals surface area (Å²) in [7, 11) is 0. The van der Waals surface area contributed by atoms with Gasteiger partial charge in [0.25, 0.3) is 0 Å². The van der Waals surface area contributed by atoms with Crippen LogP contribution < -0.4 is 5.32 Å². The molecule has 0 amide bonds. The maximum absolute atomic E-state index is 14.3. The third-order valence-electron chi connectivity index (χ3n) is 3.66. The smallest absolute Gasteiger partial charge is 0.128 e. The van der Waals surface area contributed by atoms with Crippen molar-refractivity contribution in [3.8, 4) is 0 Å². The summed E-state index contributed by atoms with van der Waals surface area (Å²) in [6, 6.07) is 4.36. The Bertz CT molecular complexity index is 614. The van der Waals surface area contributed by atoms with Gasteiger partial charge in [-0.25, -0.2) is 8.78 Å². The van der Waals surface area contributed by atoms with Crippen molar-refractivity contribution in [1.29, 1.82) is 0 Å². The van der Waals surface area contributed by atoms with Gasteiger partial charge in [0.05, 0.1) is 6.04 Å². The molecule has 21 heavy (non-hydrogen) atoms. The van der Waals surface area contributed by atoms with Crippen molar-refractivity contribution in [2.75, 3.05) is 6.54 Å². The number of benzene rings is 1. The second kappa shape index (κ2) is 6.67. The van der Waals surface area contributed by atoms with Gasteiger partial charge in [-0.2, -0.15) is 0 Å². The lowest BCUT2D eigenvalue weighted by molar-refractivity contribution is 0.536. The molecule has 1 N–H and O–H groups in total. The summed E-state index contributed by atoms with van der Waals surface area (Å²) in [5.74, 6) is -0.717. The fourth-order valence-corrected chi connectivity index (χ4v) is 3.42. The molecule has 4 heteroatoms. The highest BCUT2D eigenvalue weighted by Gasteiger charge is 2.21. The molecule has 114 valence electrons. The molecular formula is C17H21F2NS. The Morgan fingerprint density at radius 1 is 1.05 bits per heavy atom. The quantitative estimate of drug-likeness (QED) is 0.816. The predicted octanol–water partition coefficient (Wildman–Crippen LogP) is 5.04. The van der Waals surface area contributed by atoms with Crippen molar-refractivity contribution >= 4 is 11.3 Å². The normalized spacial score (nSPS) is 12.7. The van der Waals surface area contributed by atoms with Crippen LogP contribution in [0.3, 0.4) is 0 Å². The minimum atomic E-state index is -0.361. The van der Waals surface area contributed by atoms with Gasteiger partial charge in [-0.1, -0.05) is 6.92 Å². The summed E-state index contributed by atoms with van der Waals surface area (Å²) in [6.07, 6.45) is 0.940. The van der Waals surface area contributed by atoms with E-state index in [0.717, 1.165) is 17.8 Å². The number of thiophene rings is 1. The summed E-state index contributed by atoms with van der Waals surface area (Å²) in [6.45, 7) is 8.48. The molecule has 0 aliphatic carbocycles. The van der Waals surface area contributed by atoms with Crippen LogP contribution in [0.5, 0.6) is 0 Å². The van der Waals surface area contributed by atoms with E-state index in [-0.39, 0.29) is 17.7 Å². The topological polar surface area (TPSA) is 12.0 Å². The number of nitrogens with one attached hydrogen (secondary N) is 1. The van der Waals surface area contributed by atoms with Crippen LogP contribution in [0.1, 0.15) is 45.8 Å². The summed E-state index contributed by atoms with van der Waals surface area (Å²) >= 11 is 1.63. The van der Waals surface area contributed by atoms with Crippen molar-refractivity contribution < 1.29 is 8.78 Å². The molecule has 2 aromatic rings. The van der Waals surface area contributed by atoms with Crippen LogP contribution in [-0.2, 0) is 0 Å². The Morgan fingerprint density at radius 3 is 2.33 bits per heavy atom. The zero-order valence-electron chi connectivity index (χ0n) is 12.9. The van der Waals surface area contributed by atoms with E-state index in [0.29, 0.717) is 11.1 Å². The number of rotatable bonds is 5. The molecule has 1 atom stereocenters. The van der Waals surface area contributed by atoms with Gasteiger partial charge in [-0.3, -0.25) is 0 Å². The van der Waals surface area contributed by atoms with Crippen molar-refractivity contribution in [3.05, 3.63) is 56.3 Å². The van der Waals surface area contributed by atoms with Crippen molar-refractivity contribution in [2.24, 2.45) is 0 Å². The van der Waals surface area contributed by atoms with E-state index in [2.05, 4.69) is 18.3 Å². The Hall–Kier alpha value is -1.26. The predicted molar refractivity (Wildman–Crippen MR) is 85.0 cm³/mol. The molecule has 0 fully saturated rings. The maximum atomic E-state index is 14.3. The third kappa shape index (κ3) is 3.50. The summed E-state index contributed by atoms with van der Waals surface area (Å²) in [4.78, 5) is 2.24. The molecule has 0 spiro atoms. The summed E-state index contributed by atoms with van der Waals surface area (Å²) < 4.78 is 28.1. The van der Waals surface area contributed by atoms with E-state index in [9.17, 15) is 8.78 Å². The zero-order chi connectivity index (χ0) is 15.6. The van der Waals surface area contributed by atoms with Gasteiger partial charge in [0, 0.05) is 15.3 Å². The van der Waals surface area contributed by atoms with Crippen molar-refractivity contribution in [1.82, 2.24) is 5.32 Å². The van der Waals surface area contributed by atoms with Crippen LogP contribution in [-0.4, -0.2) is 6.54 Å². The maximum Gasteiger partial charge on any atom is 0.128 e. The first-order valence-corrected chi connectivity index (χ1v) is 8.01. The van der Waals surface area contributed by atoms with E-state index in [4.69, 9.17) is 0 Å². The molecule has 0 saturated carbocycles. The van der Waals surface area contributed by atoms with Gasteiger partial charge in [-0.05, 0) is 63.1 Å². The van der Waals surface area contributed by atoms with Crippen molar-refractivity contribution in [3.63, 3.8) is 0 Å². The average Bonchev–Trinajstić information content (AvgIpc) is 2.75. The summed E-state index contributed by atoms with van der Waals surface area (Å²) in [5, 5.41) is 3.33. The van der Waals surface area contributed by atoms with Crippen LogP contribution in [0.2, 0.25) is 0 Å². The number of hydrogen-bond donors (Lipinski definition) is 1. The molecule has 1 aromatic heterocycles. The van der Waals surface area contributed by atoms with E-state index in [1.165, 1.54) is 22.6 Å². The average molecular weight is 309 g/mol. The largest absolute Gasteiger partial charge is 0.306 e. The Labute approximate surface area is 129 Å². The Balaban J connectivity index is 2.47. The van der Waals surface area contributed by atoms with E-state index in [1.807, 2.05) is 13.8 Å². The third-order valence-corrected chi connectivity index (χ3v) is 4.87. The van der Waals surface area contributed by atoms with Gasteiger partial charge in [0.2, 0.25) is 0 Å². The van der Waals surface area contributed by atoms with Crippen LogP contribution in [0.4, 0.5) is 8.78 Å². The van der Waals surface area contributed by atoms with Crippen LogP contribution >= 0.6 is 11.3 Å². The SMILES string of the molecule is CCCNC(c1cc(C)c(C)s1)c1cc(F)c(C)cc1F. The molecule has 0 bridgehead atoms. The fourth-order valence-electron chi connectivity index (χ4n) is 2.28. The second-order valence-corrected chi connectivity index (χ2v) is 6.69. The highest BCUT2D eigenvalue weighted by molar-refractivity contribution is 7.12. The fraction of sp³-hybridized carbons (Fsp3) is 0.412. The lowest BCUT2D eigenvalue weighted by Crippen LogP contribution is -2.23. The first-order chi connectivity index (χ1) is 9.93. The standard InChI is InChI=1S/C17H21F2NS/c1-5-6-20-17(16-8-10(2)12(4)21-16)13-9-14(18)11(3)7-15(13)19/h7-9,17,20H,5-6H2,1-4H3. The van der Waals surface area contributed by atoms with Gasteiger partial charge in [-0.15, -0.1) is 11.3 Å². The second-order valence-electron chi connectivity index (χ2n) is 5.40. The lowest BCUT2D eigenvalue weighted by atomic mass is 10.0. The number of halogens is 2. The molecule has 0 aliphatic rings. The van der Waals surface area contributed by atoms with Gasteiger partial charge in [0.1, 0.15) is 11.6 Å². The molecular weight excluding hydrogens is 288 g/mol. The van der Waals surface area contributed by atoms with Crippen molar-refractivity contribution in [2.45, 2.75) is 40.2 Å². The minimum Gasteiger partial charge on any atom is -0.306 e. The first kappa shape index (κ1) is 16.1. The molecule has 0 saturated heterocycles. The molecule has 0 aliphatic heterocycles. The highest BCUT2D eigenvalue weighted by atomic mass is 32.1. The molecule has 0 radical (unpaired) electrons. The van der Waals surface area contributed by atoms with Crippen LogP contribution in [0.25, 0.3) is 0 Å². The minimum absolute atomic E-state index is 0.294. The summed E-state index contributed by atoms with van der Waals surface area (Å²) in [5.41, 5.74) is 1.91. The lowest BCUT2D eigenvalue weighted by Gasteiger charge is -2.19. The molecule has 1 unspecified atom stereocenters. The van der Waals surface area contributed by atoms with Crippen LogP contribution in [0.15, 0.2) is 18.2 Å². The Morgan fingerprint density at radius 2 is 1.76 bits per heavy atom. The molecule has 1 nitrogen and oxygen atoms in total. The van der Waals surface area contributed by atoms with E-state index < -0.39 is 0 Å². The molecule has 2 rings (SSSR count). The first-order valence-electron chi connectivity index (χ1n) is 7.19. The van der Waals surface area contributed by atoms with Gasteiger partial charge < -0.3 is 5.32 Å². The molecule has 1 aromatic carbocycles. The van der Waals surface area contributed by atoms with Gasteiger partial charge >= 0.3 is 0 Å². The highest BCUT2D eigenvalue weighted by Crippen LogP contribution is 2.32. The number of hydrogen-bond acceptors (Lipinski definition) is 2. The van der Waals surface area contributed by atoms with Gasteiger partial charge in [0.15, 0.2) is 0 Å². The monoisotopic (exact) mass is 309 g/mol. The van der Waals surface area contributed by atoms with E-state index in [1.54, 1.807) is 18.3 Å². The number of aryl methyl sites for hydroxylation is 3. The van der Waals surface area contributed by atoms with E-state index >= 15 is 0 Å². The molecule has 1 heterocycles.